The molecule has 2 N–H and O–H groups in total. The Labute approximate surface area is 141 Å². The average molecular weight is 341 g/mol. The van der Waals surface area contributed by atoms with Crippen molar-refractivity contribution in [1.29, 1.82) is 0 Å². The van der Waals surface area contributed by atoms with Gasteiger partial charge in [-0.15, -0.1) is 0 Å². The third-order valence-corrected chi connectivity index (χ3v) is 5.42. The fourth-order valence-electron chi connectivity index (χ4n) is 2.71. The summed E-state index contributed by atoms with van der Waals surface area (Å²) in [6.45, 7) is 0.168. The fraction of sp³-hybridized carbons (Fsp3) is 0.158. The lowest BCUT2D eigenvalue weighted by molar-refractivity contribution is 0.170. The van der Waals surface area contributed by atoms with Crippen molar-refractivity contribution in [2.24, 2.45) is 0 Å². The lowest BCUT2D eigenvalue weighted by atomic mass is 9.99. The topological polar surface area (TPSA) is 66.4 Å². The third-order valence-electron chi connectivity index (χ3n) is 3.95. The Morgan fingerprint density at radius 3 is 2.33 bits per heavy atom. The van der Waals surface area contributed by atoms with Crippen LogP contribution in [0.1, 0.15) is 18.1 Å². The summed E-state index contributed by atoms with van der Waals surface area (Å²) in [5.74, 6) is 0. The molecule has 4 nitrogen and oxygen atoms in total. The number of nitrogens with one attached hydrogen (secondary N) is 1. The monoisotopic (exact) mass is 341 g/mol. The molecule has 0 heterocycles. The highest BCUT2D eigenvalue weighted by Crippen LogP contribution is 2.26. The Kier molecular flexibility index (Phi) is 4.94. The van der Waals surface area contributed by atoms with E-state index < -0.39 is 16.1 Å². The minimum Gasteiger partial charge on any atom is -0.388 e. The van der Waals surface area contributed by atoms with Crippen LogP contribution < -0.4 is 4.72 Å². The van der Waals surface area contributed by atoms with Crippen LogP contribution in [0.25, 0.3) is 10.8 Å². The Hall–Kier alpha value is -2.21. The van der Waals surface area contributed by atoms with E-state index in [1.54, 1.807) is 30.3 Å². The van der Waals surface area contributed by atoms with Crippen LogP contribution in [0.2, 0.25) is 0 Å². The molecular formula is C19H19NO3S. The Morgan fingerprint density at radius 1 is 0.875 bits per heavy atom. The van der Waals surface area contributed by atoms with Gasteiger partial charge < -0.3 is 5.11 Å². The second-order valence-electron chi connectivity index (χ2n) is 5.58. The van der Waals surface area contributed by atoms with Crippen LogP contribution in [-0.4, -0.2) is 20.1 Å². The molecule has 0 aliphatic heterocycles. The molecule has 0 spiro atoms. The Morgan fingerprint density at radius 2 is 1.54 bits per heavy atom. The predicted molar refractivity (Wildman–Crippen MR) is 95.2 cm³/mol. The summed E-state index contributed by atoms with van der Waals surface area (Å²) >= 11 is 0. The molecule has 0 aromatic heterocycles. The fourth-order valence-corrected chi connectivity index (χ4v) is 3.78. The molecule has 0 fully saturated rings. The maximum absolute atomic E-state index is 12.2. The molecule has 24 heavy (non-hydrogen) atoms. The number of rotatable bonds is 6. The zero-order valence-electron chi connectivity index (χ0n) is 13.1. The summed E-state index contributed by atoms with van der Waals surface area (Å²) in [6.07, 6.45) is -0.422. The number of sulfonamides is 1. The van der Waals surface area contributed by atoms with Gasteiger partial charge in [-0.3, -0.25) is 0 Å². The van der Waals surface area contributed by atoms with Crippen molar-refractivity contribution < 1.29 is 13.5 Å². The molecule has 124 valence electrons. The van der Waals surface area contributed by atoms with Crippen molar-refractivity contribution in [3.63, 3.8) is 0 Å². The number of aliphatic hydroxyl groups excluding tert-OH is 1. The molecule has 3 aromatic rings. The van der Waals surface area contributed by atoms with Gasteiger partial charge in [0.2, 0.25) is 10.0 Å². The SMILES string of the molecule is O=S(=O)(NCCC(O)c1cccc2ccccc12)c1ccccc1. The molecule has 0 aliphatic rings. The maximum Gasteiger partial charge on any atom is 0.240 e. The van der Waals surface area contributed by atoms with Crippen LogP contribution in [0, 0.1) is 0 Å². The second kappa shape index (κ2) is 7.13. The van der Waals surface area contributed by atoms with E-state index >= 15 is 0 Å². The molecular weight excluding hydrogens is 322 g/mol. The van der Waals surface area contributed by atoms with Gasteiger partial charge in [0.15, 0.2) is 0 Å². The van der Waals surface area contributed by atoms with Gasteiger partial charge in [-0.2, -0.15) is 0 Å². The lowest BCUT2D eigenvalue weighted by Gasteiger charge is -2.14. The van der Waals surface area contributed by atoms with Crippen LogP contribution in [0.4, 0.5) is 0 Å². The second-order valence-corrected chi connectivity index (χ2v) is 7.35. The van der Waals surface area contributed by atoms with Crippen LogP contribution in [0.3, 0.4) is 0 Å². The van der Waals surface area contributed by atoms with Crippen molar-refractivity contribution in [3.05, 3.63) is 78.4 Å². The molecule has 5 heteroatoms. The molecule has 3 rings (SSSR count). The molecule has 1 atom stereocenters. The van der Waals surface area contributed by atoms with E-state index in [1.165, 1.54) is 0 Å². The molecule has 3 aromatic carbocycles. The van der Waals surface area contributed by atoms with Gasteiger partial charge in [0, 0.05) is 6.54 Å². The normalized spacial score (nSPS) is 13.0. The average Bonchev–Trinajstić information content (AvgIpc) is 2.61. The zero-order chi connectivity index (χ0) is 17.0. The lowest BCUT2D eigenvalue weighted by Crippen LogP contribution is -2.25. The van der Waals surface area contributed by atoms with E-state index in [0.717, 1.165) is 16.3 Å². The van der Waals surface area contributed by atoms with Crippen LogP contribution in [0.5, 0.6) is 0 Å². The summed E-state index contributed by atoms with van der Waals surface area (Å²) in [5, 5.41) is 12.5. The van der Waals surface area contributed by atoms with Gasteiger partial charge in [0.25, 0.3) is 0 Å². The molecule has 0 saturated carbocycles. The van der Waals surface area contributed by atoms with Gasteiger partial charge in [-0.25, -0.2) is 13.1 Å². The summed E-state index contributed by atoms with van der Waals surface area (Å²) < 4.78 is 26.9. The molecule has 0 saturated heterocycles. The highest BCUT2D eigenvalue weighted by molar-refractivity contribution is 7.89. The molecule has 0 radical (unpaired) electrons. The first-order valence-electron chi connectivity index (χ1n) is 7.78. The molecule has 0 amide bonds. The quantitative estimate of drug-likeness (QED) is 0.723. The van der Waals surface area contributed by atoms with Gasteiger partial charge in [0.05, 0.1) is 11.0 Å². The molecule has 1 unspecified atom stereocenters. The van der Waals surface area contributed by atoms with Gasteiger partial charge in [-0.05, 0) is 34.9 Å². The Balaban J connectivity index is 1.68. The standard InChI is InChI=1S/C19H19NO3S/c21-19(18-12-6-8-15-7-4-5-11-17(15)18)13-14-20-24(22,23)16-9-2-1-3-10-16/h1-12,19-21H,13-14H2. The number of aliphatic hydroxyl groups is 1. The largest absolute Gasteiger partial charge is 0.388 e. The first-order valence-corrected chi connectivity index (χ1v) is 9.27. The highest BCUT2D eigenvalue weighted by Gasteiger charge is 2.15. The van der Waals surface area contributed by atoms with Crippen molar-refractivity contribution >= 4 is 20.8 Å². The summed E-state index contributed by atoms with van der Waals surface area (Å²) in [6, 6.07) is 21.8. The summed E-state index contributed by atoms with van der Waals surface area (Å²) in [7, 11) is -3.54. The van der Waals surface area contributed by atoms with Crippen molar-refractivity contribution in [1.82, 2.24) is 4.72 Å². The number of hydrogen-bond donors (Lipinski definition) is 2. The van der Waals surface area contributed by atoms with Gasteiger partial charge >= 0.3 is 0 Å². The van der Waals surface area contributed by atoms with E-state index in [4.69, 9.17) is 0 Å². The first-order chi connectivity index (χ1) is 11.6. The number of fused-ring (bicyclic) bond motifs is 1. The van der Waals surface area contributed by atoms with Crippen molar-refractivity contribution in [2.75, 3.05) is 6.54 Å². The van der Waals surface area contributed by atoms with E-state index in [1.807, 2.05) is 42.5 Å². The first kappa shape index (κ1) is 16.6. The van der Waals surface area contributed by atoms with E-state index in [9.17, 15) is 13.5 Å². The van der Waals surface area contributed by atoms with E-state index in [0.29, 0.717) is 6.42 Å². The highest BCUT2D eigenvalue weighted by atomic mass is 32.2. The number of hydrogen-bond acceptors (Lipinski definition) is 3. The van der Waals surface area contributed by atoms with Crippen molar-refractivity contribution in [3.8, 4) is 0 Å². The maximum atomic E-state index is 12.2. The van der Waals surface area contributed by atoms with E-state index in [2.05, 4.69) is 4.72 Å². The minimum atomic E-state index is -3.54. The van der Waals surface area contributed by atoms with Crippen LogP contribution >= 0.6 is 0 Å². The smallest absolute Gasteiger partial charge is 0.240 e. The van der Waals surface area contributed by atoms with Crippen LogP contribution in [-0.2, 0) is 10.0 Å². The van der Waals surface area contributed by atoms with Gasteiger partial charge in [-0.1, -0.05) is 60.7 Å². The number of benzene rings is 3. The minimum absolute atomic E-state index is 0.168. The summed E-state index contributed by atoms with van der Waals surface area (Å²) in [5.41, 5.74) is 0.812. The molecule has 0 bridgehead atoms. The zero-order valence-corrected chi connectivity index (χ0v) is 13.9. The van der Waals surface area contributed by atoms with Crippen LogP contribution in [0.15, 0.2) is 77.7 Å². The van der Waals surface area contributed by atoms with Gasteiger partial charge in [0.1, 0.15) is 0 Å². The van der Waals surface area contributed by atoms with Crippen molar-refractivity contribution in [2.45, 2.75) is 17.4 Å². The third kappa shape index (κ3) is 3.64. The summed E-state index contributed by atoms with van der Waals surface area (Å²) in [4.78, 5) is 0.227. The van der Waals surface area contributed by atoms with E-state index in [-0.39, 0.29) is 11.4 Å². The predicted octanol–water partition coefficient (Wildman–Crippen LogP) is 3.24. The molecule has 0 aliphatic carbocycles. The Bertz CT molecular complexity index is 918.